The summed E-state index contributed by atoms with van der Waals surface area (Å²) in [6.45, 7) is 0. The third-order valence-corrected chi connectivity index (χ3v) is 10.9. The summed E-state index contributed by atoms with van der Waals surface area (Å²) in [5.74, 6) is 1.35. The monoisotopic (exact) mass is 776 g/mol. The molecule has 0 aliphatic rings. The van der Waals surface area contributed by atoms with E-state index in [1.807, 2.05) is 30.3 Å². The van der Waals surface area contributed by atoms with Gasteiger partial charge in [-0.2, -0.15) is 0 Å². The van der Waals surface area contributed by atoms with Crippen LogP contribution in [0.3, 0.4) is 0 Å². The Balaban J connectivity index is 1.21. The molecule has 0 aliphatic carbocycles. The highest BCUT2D eigenvalue weighted by atomic mass is 16.5. The molecule has 0 atom stereocenters. The molecule has 290 valence electrons. The van der Waals surface area contributed by atoms with Gasteiger partial charge >= 0.3 is 0 Å². The van der Waals surface area contributed by atoms with Crippen molar-refractivity contribution in [2.24, 2.45) is 0 Å². The predicted octanol–water partition coefficient (Wildman–Crippen LogP) is 15.3. The molecule has 0 amide bonds. The second-order valence-corrected chi connectivity index (χ2v) is 14.5. The van der Waals surface area contributed by atoms with Crippen LogP contribution in [0.4, 0.5) is 34.1 Å². The molecule has 0 unspecified atom stereocenters. The predicted molar refractivity (Wildman–Crippen MR) is 251 cm³/mol. The minimum atomic E-state index is 0.675. The van der Waals surface area contributed by atoms with Crippen molar-refractivity contribution in [2.45, 2.75) is 0 Å². The first-order valence-corrected chi connectivity index (χ1v) is 20.1. The third kappa shape index (κ3) is 7.87. The molecule has 0 aromatic heterocycles. The fourth-order valence-corrected chi connectivity index (χ4v) is 7.80. The Morgan fingerprint density at radius 3 is 0.683 bits per heavy atom. The molecule has 0 saturated carbocycles. The molecular weight excluding hydrogens is 733 g/mol. The second-order valence-electron chi connectivity index (χ2n) is 14.5. The van der Waals surface area contributed by atoms with Crippen LogP contribution in [-0.4, -0.2) is 14.2 Å². The number of rotatable bonds is 12. The summed E-state index contributed by atoms with van der Waals surface area (Å²) in [5, 5.41) is 0. The zero-order chi connectivity index (χ0) is 40.7. The molecule has 9 aromatic rings. The first-order valence-electron chi connectivity index (χ1n) is 20.1. The molecular formula is C56H44N2O2. The van der Waals surface area contributed by atoms with Crippen molar-refractivity contribution in [3.63, 3.8) is 0 Å². The summed E-state index contributed by atoms with van der Waals surface area (Å²) < 4.78 is 12.5. The summed E-state index contributed by atoms with van der Waals surface area (Å²) in [6, 6.07) is 81.0. The maximum atomic E-state index is 6.23. The molecule has 0 spiro atoms. The number of benzene rings is 9. The van der Waals surface area contributed by atoms with Crippen molar-refractivity contribution in [1.82, 2.24) is 0 Å². The molecule has 0 N–H and O–H groups in total. The molecule has 0 bridgehead atoms. The molecule has 0 radical (unpaired) electrons. The van der Waals surface area contributed by atoms with Gasteiger partial charge in [-0.15, -0.1) is 0 Å². The number of ether oxygens (including phenoxy) is 2. The summed E-state index contributed by atoms with van der Waals surface area (Å²) in [7, 11) is 3.44. The molecule has 4 heteroatoms. The third-order valence-electron chi connectivity index (χ3n) is 10.9. The number of nitrogens with zero attached hydrogens (tertiary/aromatic N) is 2. The lowest BCUT2D eigenvalue weighted by atomic mass is 10.0. The minimum Gasteiger partial charge on any atom is -0.494 e. The lowest BCUT2D eigenvalue weighted by Gasteiger charge is -2.32. The van der Waals surface area contributed by atoms with Crippen molar-refractivity contribution in [3.05, 3.63) is 231 Å². The molecule has 9 rings (SSSR count). The second kappa shape index (κ2) is 17.4. The Morgan fingerprint density at radius 1 is 0.250 bits per heavy atom. The maximum absolute atomic E-state index is 6.23. The van der Waals surface area contributed by atoms with Crippen LogP contribution >= 0.6 is 0 Å². The van der Waals surface area contributed by atoms with Gasteiger partial charge in [-0.25, -0.2) is 0 Å². The highest BCUT2D eigenvalue weighted by Gasteiger charge is 2.25. The van der Waals surface area contributed by atoms with Gasteiger partial charge in [0, 0.05) is 28.8 Å². The van der Waals surface area contributed by atoms with E-state index in [1.54, 1.807) is 14.2 Å². The van der Waals surface area contributed by atoms with E-state index < -0.39 is 0 Å². The lowest BCUT2D eigenvalue weighted by Crippen LogP contribution is -2.15. The largest absolute Gasteiger partial charge is 0.494 e. The highest BCUT2D eigenvalue weighted by molar-refractivity contribution is 5.90. The molecule has 0 saturated heterocycles. The molecule has 0 fully saturated rings. The SMILES string of the molecule is COc1cc(OC)c(N(c2ccc(-c3ccccc3)cc2)c2ccc(-c3ccccc3)cc2)cc1N(c1ccc(-c2ccccc2)cc1)c1ccc(-c2ccccc2)cc1. The van der Waals surface area contributed by atoms with Crippen LogP contribution in [0.2, 0.25) is 0 Å². The summed E-state index contributed by atoms with van der Waals surface area (Å²) in [6.07, 6.45) is 0. The Labute approximate surface area is 352 Å². The molecule has 60 heavy (non-hydrogen) atoms. The van der Waals surface area contributed by atoms with Crippen molar-refractivity contribution in [1.29, 1.82) is 0 Å². The summed E-state index contributed by atoms with van der Waals surface area (Å²) in [5.41, 5.74) is 14.9. The molecule has 9 aromatic carbocycles. The first kappa shape index (κ1) is 37.7. The van der Waals surface area contributed by atoms with Gasteiger partial charge in [-0.3, -0.25) is 0 Å². The Bertz CT molecular complexity index is 2420. The number of hydrogen-bond acceptors (Lipinski definition) is 4. The van der Waals surface area contributed by atoms with E-state index in [0.717, 1.165) is 56.4 Å². The van der Waals surface area contributed by atoms with E-state index in [1.165, 1.54) is 22.3 Å². The van der Waals surface area contributed by atoms with E-state index in [0.29, 0.717) is 11.5 Å². The Morgan fingerprint density at radius 2 is 0.467 bits per heavy atom. The van der Waals surface area contributed by atoms with Crippen LogP contribution in [0.5, 0.6) is 11.5 Å². The fourth-order valence-electron chi connectivity index (χ4n) is 7.80. The van der Waals surface area contributed by atoms with Gasteiger partial charge in [0.05, 0.1) is 25.6 Å². The van der Waals surface area contributed by atoms with E-state index in [4.69, 9.17) is 9.47 Å². The van der Waals surface area contributed by atoms with Gasteiger partial charge in [-0.05, 0) is 99.1 Å². The van der Waals surface area contributed by atoms with E-state index in [9.17, 15) is 0 Å². The van der Waals surface area contributed by atoms with Gasteiger partial charge < -0.3 is 19.3 Å². The summed E-state index contributed by atoms with van der Waals surface area (Å²) in [4.78, 5) is 4.53. The van der Waals surface area contributed by atoms with Crippen molar-refractivity contribution in [2.75, 3.05) is 24.0 Å². The van der Waals surface area contributed by atoms with Crippen LogP contribution in [0.15, 0.2) is 231 Å². The zero-order valence-corrected chi connectivity index (χ0v) is 33.7. The number of anilines is 6. The zero-order valence-electron chi connectivity index (χ0n) is 33.7. The number of methoxy groups -OCH3 is 2. The first-order chi connectivity index (χ1) is 29.7. The van der Waals surface area contributed by atoms with Crippen LogP contribution < -0.4 is 19.3 Å². The van der Waals surface area contributed by atoms with E-state index in [-0.39, 0.29) is 0 Å². The van der Waals surface area contributed by atoms with Gasteiger partial charge in [0.2, 0.25) is 0 Å². The van der Waals surface area contributed by atoms with Crippen LogP contribution in [0, 0.1) is 0 Å². The van der Waals surface area contributed by atoms with Gasteiger partial charge in [0.1, 0.15) is 11.5 Å². The van der Waals surface area contributed by atoms with Crippen molar-refractivity contribution < 1.29 is 9.47 Å². The van der Waals surface area contributed by atoms with Gasteiger partial charge in [0.15, 0.2) is 0 Å². The lowest BCUT2D eigenvalue weighted by molar-refractivity contribution is 0.396. The molecule has 4 nitrogen and oxygen atoms in total. The molecule has 0 aliphatic heterocycles. The van der Waals surface area contributed by atoms with Gasteiger partial charge in [-0.1, -0.05) is 170 Å². The topological polar surface area (TPSA) is 24.9 Å². The maximum Gasteiger partial charge on any atom is 0.146 e. The van der Waals surface area contributed by atoms with Crippen molar-refractivity contribution in [3.8, 4) is 56.0 Å². The van der Waals surface area contributed by atoms with Crippen LogP contribution in [0.25, 0.3) is 44.5 Å². The Kier molecular flexibility index (Phi) is 10.9. The average Bonchev–Trinajstić information content (AvgIpc) is 3.34. The minimum absolute atomic E-state index is 0.675. The highest BCUT2D eigenvalue weighted by Crippen LogP contribution is 2.50. The Hall–Kier alpha value is -7.82. The fraction of sp³-hybridized carbons (Fsp3) is 0.0357. The van der Waals surface area contributed by atoms with Crippen LogP contribution in [-0.2, 0) is 0 Å². The smallest absolute Gasteiger partial charge is 0.146 e. The quantitative estimate of drug-likeness (QED) is 0.123. The van der Waals surface area contributed by atoms with E-state index in [2.05, 4.69) is 210 Å². The average molecular weight is 777 g/mol. The normalized spacial score (nSPS) is 10.8. The van der Waals surface area contributed by atoms with Crippen molar-refractivity contribution >= 4 is 34.1 Å². The molecule has 0 heterocycles. The standard InChI is InChI=1S/C56H44N2O2/c1-59-55-40-56(60-2)54(58(51-35-27-47(28-36-51)43-19-11-5-12-20-43)52-37-29-48(30-38-52)44-21-13-6-14-22-44)39-53(55)57(49-31-23-45(24-32-49)41-15-7-3-8-16-41)50-33-25-46(26-34-50)42-17-9-4-10-18-42/h3-40H,1-2H3. The van der Waals surface area contributed by atoms with Crippen LogP contribution in [0.1, 0.15) is 0 Å². The van der Waals surface area contributed by atoms with E-state index >= 15 is 0 Å². The van der Waals surface area contributed by atoms with Gasteiger partial charge in [0.25, 0.3) is 0 Å². The number of hydrogen-bond donors (Lipinski definition) is 0. The summed E-state index contributed by atoms with van der Waals surface area (Å²) >= 11 is 0.